The van der Waals surface area contributed by atoms with Crippen molar-refractivity contribution in [3.05, 3.63) is 29.3 Å². The van der Waals surface area contributed by atoms with Gasteiger partial charge < -0.3 is 10.5 Å². The van der Waals surface area contributed by atoms with Gasteiger partial charge in [0.1, 0.15) is 5.75 Å². The van der Waals surface area contributed by atoms with E-state index in [0.717, 1.165) is 44.7 Å². The predicted molar refractivity (Wildman–Crippen MR) is 72.8 cm³/mol. The molecule has 3 nitrogen and oxygen atoms in total. The molecule has 1 saturated heterocycles. The smallest absolute Gasteiger partial charge is 0.122 e. The molecule has 0 aromatic heterocycles. The van der Waals surface area contributed by atoms with Gasteiger partial charge in [0.2, 0.25) is 0 Å². The van der Waals surface area contributed by atoms with E-state index >= 15 is 0 Å². The van der Waals surface area contributed by atoms with Crippen molar-refractivity contribution in [2.45, 2.75) is 38.3 Å². The highest BCUT2D eigenvalue weighted by Gasteiger charge is 2.22. The van der Waals surface area contributed by atoms with Crippen molar-refractivity contribution in [1.82, 2.24) is 4.90 Å². The molecule has 0 spiro atoms. The van der Waals surface area contributed by atoms with Gasteiger partial charge in [-0.05, 0) is 37.0 Å². The van der Waals surface area contributed by atoms with E-state index in [1.165, 1.54) is 11.1 Å². The summed E-state index contributed by atoms with van der Waals surface area (Å²) in [7, 11) is 0. The van der Waals surface area contributed by atoms with Gasteiger partial charge in [-0.3, -0.25) is 4.90 Å². The van der Waals surface area contributed by atoms with Crippen molar-refractivity contribution < 1.29 is 4.74 Å². The van der Waals surface area contributed by atoms with Gasteiger partial charge in [0, 0.05) is 31.6 Å². The number of ether oxygens (including phenoxy) is 1. The Bertz CT molecular complexity index is 425. The van der Waals surface area contributed by atoms with Crippen LogP contribution >= 0.6 is 0 Å². The highest BCUT2D eigenvalue weighted by Crippen LogP contribution is 2.31. The fourth-order valence-electron chi connectivity index (χ4n) is 2.96. The van der Waals surface area contributed by atoms with E-state index in [0.29, 0.717) is 12.1 Å². The van der Waals surface area contributed by atoms with Gasteiger partial charge in [0.25, 0.3) is 0 Å². The second-order valence-corrected chi connectivity index (χ2v) is 5.51. The van der Waals surface area contributed by atoms with Crippen molar-refractivity contribution in [2.24, 2.45) is 5.73 Å². The lowest BCUT2D eigenvalue weighted by molar-refractivity contribution is 0.163. The van der Waals surface area contributed by atoms with Crippen molar-refractivity contribution >= 4 is 0 Å². The minimum atomic E-state index is 0.400. The Labute approximate surface area is 109 Å². The third-order valence-electron chi connectivity index (χ3n) is 4.32. The molecule has 1 atom stereocenters. The number of piperidine rings is 1. The maximum Gasteiger partial charge on any atom is 0.122 e. The molecule has 18 heavy (non-hydrogen) atoms. The Kier molecular flexibility index (Phi) is 3.27. The molecule has 0 radical (unpaired) electrons. The van der Waals surface area contributed by atoms with Crippen LogP contribution in [0.4, 0.5) is 0 Å². The van der Waals surface area contributed by atoms with Crippen molar-refractivity contribution in [3.8, 4) is 5.75 Å². The number of nitrogens with zero attached hydrogens (tertiary/aromatic N) is 1. The molecule has 98 valence electrons. The Balaban J connectivity index is 1.74. The minimum Gasteiger partial charge on any atom is -0.493 e. The van der Waals surface area contributed by atoms with Crippen LogP contribution in [0.1, 0.15) is 36.9 Å². The summed E-state index contributed by atoms with van der Waals surface area (Å²) in [6.45, 7) is 5.35. The molecular formula is C15H22N2O. The van der Waals surface area contributed by atoms with Crippen LogP contribution in [-0.4, -0.2) is 30.6 Å². The average Bonchev–Trinajstić information content (AvgIpc) is 2.86. The van der Waals surface area contributed by atoms with Gasteiger partial charge >= 0.3 is 0 Å². The first kappa shape index (κ1) is 12.0. The van der Waals surface area contributed by atoms with Crippen LogP contribution in [0.5, 0.6) is 5.75 Å². The van der Waals surface area contributed by atoms with E-state index < -0.39 is 0 Å². The lowest BCUT2D eigenvalue weighted by Crippen LogP contribution is -2.40. The molecule has 0 saturated carbocycles. The molecule has 2 heterocycles. The summed E-state index contributed by atoms with van der Waals surface area (Å²) in [6.07, 6.45) is 3.29. The maximum atomic E-state index is 5.96. The number of benzene rings is 1. The van der Waals surface area contributed by atoms with Crippen LogP contribution in [0.2, 0.25) is 0 Å². The van der Waals surface area contributed by atoms with Crippen LogP contribution < -0.4 is 10.5 Å². The first-order valence-electron chi connectivity index (χ1n) is 6.99. The molecule has 1 aromatic carbocycles. The second-order valence-electron chi connectivity index (χ2n) is 5.51. The average molecular weight is 246 g/mol. The second kappa shape index (κ2) is 4.90. The van der Waals surface area contributed by atoms with E-state index in [1.54, 1.807) is 0 Å². The molecule has 1 unspecified atom stereocenters. The monoisotopic (exact) mass is 246 g/mol. The third kappa shape index (κ3) is 2.25. The summed E-state index contributed by atoms with van der Waals surface area (Å²) in [6, 6.07) is 7.57. The lowest BCUT2D eigenvalue weighted by atomic mass is 9.99. The zero-order chi connectivity index (χ0) is 12.5. The molecule has 1 aromatic rings. The summed E-state index contributed by atoms with van der Waals surface area (Å²) >= 11 is 0. The summed E-state index contributed by atoms with van der Waals surface area (Å²) in [5.74, 6) is 1.09. The number of rotatable bonds is 2. The van der Waals surface area contributed by atoms with Gasteiger partial charge in [-0.25, -0.2) is 0 Å². The van der Waals surface area contributed by atoms with E-state index in [4.69, 9.17) is 10.5 Å². The van der Waals surface area contributed by atoms with Crippen LogP contribution in [0.25, 0.3) is 0 Å². The highest BCUT2D eigenvalue weighted by atomic mass is 16.5. The molecule has 0 amide bonds. The summed E-state index contributed by atoms with van der Waals surface area (Å²) in [5.41, 5.74) is 8.68. The largest absolute Gasteiger partial charge is 0.493 e. The Morgan fingerprint density at radius 2 is 2.11 bits per heavy atom. The Morgan fingerprint density at radius 1 is 1.33 bits per heavy atom. The Morgan fingerprint density at radius 3 is 2.89 bits per heavy atom. The normalized spacial score (nSPS) is 22.6. The first-order valence-corrected chi connectivity index (χ1v) is 6.99. The standard InChI is InChI=1S/C15H22N2O/c1-11(17-7-4-14(16)5-8-17)13-3-2-12-6-9-18-15(12)10-13/h2-3,10-11,14H,4-9,16H2,1H3. The molecule has 3 rings (SSSR count). The van der Waals surface area contributed by atoms with E-state index in [1.807, 2.05) is 0 Å². The molecule has 2 aliphatic heterocycles. The van der Waals surface area contributed by atoms with Gasteiger partial charge in [-0.2, -0.15) is 0 Å². The van der Waals surface area contributed by atoms with Gasteiger partial charge in [-0.1, -0.05) is 12.1 Å². The van der Waals surface area contributed by atoms with Gasteiger partial charge in [-0.15, -0.1) is 0 Å². The number of nitrogens with two attached hydrogens (primary N) is 1. The first-order chi connectivity index (χ1) is 8.74. The number of hydrogen-bond acceptors (Lipinski definition) is 3. The fraction of sp³-hybridized carbons (Fsp3) is 0.600. The van der Waals surface area contributed by atoms with Crippen LogP contribution in [-0.2, 0) is 6.42 Å². The number of fused-ring (bicyclic) bond motifs is 1. The fourth-order valence-corrected chi connectivity index (χ4v) is 2.96. The zero-order valence-corrected chi connectivity index (χ0v) is 11.1. The molecule has 2 aliphatic rings. The molecule has 2 N–H and O–H groups in total. The predicted octanol–water partition coefficient (Wildman–Crippen LogP) is 2.11. The molecule has 0 aliphatic carbocycles. The molecule has 1 fully saturated rings. The van der Waals surface area contributed by atoms with Gasteiger partial charge in [0.15, 0.2) is 0 Å². The van der Waals surface area contributed by atoms with Crippen LogP contribution in [0.3, 0.4) is 0 Å². The molecular weight excluding hydrogens is 224 g/mol. The minimum absolute atomic E-state index is 0.400. The SMILES string of the molecule is CC(c1ccc2c(c1)OCC2)N1CCC(N)CC1. The Hall–Kier alpha value is -1.06. The maximum absolute atomic E-state index is 5.96. The van der Waals surface area contributed by atoms with E-state index in [2.05, 4.69) is 30.0 Å². The number of hydrogen-bond donors (Lipinski definition) is 1. The van der Waals surface area contributed by atoms with E-state index in [9.17, 15) is 0 Å². The third-order valence-corrected chi connectivity index (χ3v) is 4.32. The molecule has 0 bridgehead atoms. The van der Waals surface area contributed by atoms with Crippen LogP contribution in [0, 0.1) is 0 Å². The van der Waals surface area contributed by atoms with Gasteiger partial charge in [0.05, 0.1) is 6.61 Å². The highest BCUT2D eigenvalue weighted by molar-refractivity contribution is 5.41. The van der Waals surface area contributed by atoms with E-state index in [-0.39, 0.29) is 0 Å². The summed E-state index contributed by atoms with van der Waals surface area (Å²) < 4.78 is 5.66. The quantitative estimate of drug-likeness (QED) is 0.868. The lowest BCUT2D eigenvalue weighted by Gasteiger charge is -2.35. The summed E-state index contributed by atoms with van der Waals surface area (Å²) in [5, 5.41) is 0. The zero-order valence-electron chi connectivity index (χ0n) is 11.1. The molecule has 3 heteroatoms. The number of likely N-dealkylation sites (tertiary alicyclic amines) is 1. The van der Waals surface area contributed by atoms with Crippen molar-refractivity contribution in [2.75, 3.05) is 19.7 Å². The van der Waals surface area contributed by atoms with Crippen molar-refractivity contribution in [3.63, 3.8) is 0 Å². The van der Waals surface area contributed by atoms with Crippen molar-refractivity contribution in [1.29, 1.82) is 0 Å². The topological polar surface area (TPSA) is 38.5 Å². The van der Waals surface area contributed by atoms with Crippen LogP contribution in [0.15, 0.2) is 18.2 Å². The summed E-state index contributed by atoms with van der Waals surface area (Å²) in [4.78, 5) is 2.53.